The standard InChI is InChI=1S/C10H16BN/c1-7(2)9-4-5-10(8(3)11)12-6-9/h4-8H,11H2,1-3H3. The van der Waals surface area contributed by atoms with Crippen LogP contribution >= 0.6 is 0 Å². The van der Waals surface area contributed by atoms with Crippen LogP contribution in [0.5, 0.6) is 0 Å². The Balaban J connectivity index is 2.86. The molecule has 0 fully saturated rings. The summed E-state index contributed by atoms with van der Waals surface area (Å²) < 4.78 is 0. The molecule has 2 heteroatoms. The van der Waals surface area contributed by atoms with Crippen LogP contribution in [0.2, 0.25) is 0 Å². The Hall–Kier alpha value is -0.785. The van der Waals surface area contributed by atoms with E-state index in [1.165, 1.54) is 11.3 Å². The van der Waals surface area contributed by atoms with Gasteiger partial charge in [-0.3, -0.25) is 4.98 Å². The van der Waals surface area contributed by atoms with Gasteiger partial charge < -0.3 is 0 Å². The fourth-order valence-corrected chi connectivity index (χ4v) is 1.10. The summed E-state index contributed by atoms with van der Waals surface area (Å²) in [5.74, 6) is 1.12. The Morgan fingerprint density at radius 2 is 1.92 bits per heavy atom. The van der Waals surface area contributed by atoms with Gasteiger partial charge in [-0.25, -0.2) is 0 Å². The van der Waals surface area contributed by atoms with Crippen LogP contribution in [0.3, 0.4) is 0 Å². The molecule has 0 spiro atoms. The molecule has 64 valence electrons. The quantitative estimate of drug-likeness (QED) is 0.603. The van der Waals surface area contributed by atoms with E-state index in [0.29, 0.717) is 11.7 Å². The molecule has 0 radical (unpaired) electrons. The maximum absolute atomic E-state index is 4.40. The third-order valence-electron chi connectivity index (χ3n) is 2.07. The summed E-state index contributed by atoms with van der Waals surface area (Å²) in [6.45, 7) is 6.54. The first-order valence-corrected chi connectivity index (χ1v) is 4.57. The minimum Gasteiger partial charge on any atom is -0.262 e. The summed E-state index contributed by atoms with van der Waals surface area (Å²) in [6.07, 6.45) is 1.99. The zero-order chi connectivity index (χ0) is 9.14. The summed E-state index contributed by atoms with van der Waals surface area (Å²) in [7, 11) is 2.16. The van der Waals surface area contributed by atoms with Gasteiger partial charge in [-0.2, -0.15) is 0 Å². The van der Waals surface area contributed by atoms with E-state index in [1.54, 1.807) is 0 Å². The van der Waals surface area contributed by atoms with Crippen molar-refractivity contribution in [1.82, 2.24) is 4.98 Å². The molecule has 0 amide bonds. The summed E-state index contributed by atoms with van der Waals surface area (Å²) in [5.41, 5.74) is 2.50. The van der Waals surface area contributed by atoms with Gasteiger partial charge in [-0.15, -0.1) is 0 Å². The number of hydrogen-bond acceptors (Lipinski definition) is 1. The van der Waals surface area contributed by atoms with Gasteiger partial charge in [0, 0.05) is 11.9 Å². The lowest BCUT2D eigenvalue weighted by molar-refractivity contribution is 0.849. The largest absolute Gasteiger partial charge is 0.262 e. The fourth-order valence-electron chi connectivity index (χ4n) is 1.10. The van der Waals surface area contributed by atoms with Gasteiger partial charge in [-0.1, -0.05) is 26.8 Å². The predicted octanol–water partition coefficient (Wildman–Crippen LogP) is 1.90. The van der Waals surface area contributed by atoms with E-state index in [1.807, 2.05) is 6.20 Å². The van der Waals surface area contributed by atoms with Crippen molar-refractivity contribution in [2.24, 2.45) is 0 Å². The summed E-state index contributed by atoms with van der Waals surface area (Å²) in [4.78, 5) is 4.40. The average molecular weight is 161 g/mol. The van der Waals surface area contributed by atoms with Gasteiger partial charge >= 0.3 is 0 Å². The van der Waals surface area contributed by atoms with Crippen molar-refractivity contribution in [3.05, 3.63) is 29.6 Å². The molecule has 1 aromatic rings. The van der Waals surface area contributed by atoms with E-state index in [9.17, 15) is 0 Å². The second kappa shape index (κ2) is 3.75. The van der Waals surface area contributed by atoms with Gasteiger partial charge in [0.2, 0.25) is 0 Å². The zero-order valence-electron chi connectivity index (χ0n) is 8.33. The van der Waals surface area contributed by atoms with Crippen molar-refractivity contribution in [3.63, 3.8) is 0 Å². The number of nitrogens with zero attached hydrogens (tertiary/aromatic N) is 1. The van der Waals surface area contributed by atoms with Gasteiger partial charge in [0.15, 0.2) is 0 Å². The van der Waals surface area contributed by atoms with Crippen LogP contribution in [0.25, 0.3) is 0 Å². The normalized spacial score (nSPS) is 13.3. The third kappa shape index (κ3) is 2.10. The first kappa shape index (κ1) is 9.30. The predicted molar refractivity (Wildman–Crippen MR) is 55.3 cm³/mol. The molecule has 0 aliphatic carbocycles. The topological polar surface area (TPSA) is 12.9 Å². The van der Waals surface area contributed by atoms with Crippen LogP contribution in [0.4, 0.5) is 0 Å². The number of aromatic nitrogens is 1. The summed E-state index contributed by atoms with van der Waals surface area (Å²) in [6, 6.07) is 4.30. The molecule has 1 rings (SSSR count). The Kier molecular flexibility index (Phi) is 2.91. The zero-order valence-corrected chi connectivity index (χ0v) is 8.33. The molecule has 1 nitrogen and oxygen atoms in total. The van der Waals surface area contributed by atoms with E-state index in [-0.39, 0.29) is 0 Å². The fraction of sp³-hybridized carbons (Fsp3) is 0.500. The Bertz CT molecular complexity index is 212. The molecule has 1 atom stereocenters. The minimum atomic E-state index is 0.534. The molecular formula is C10H16BN. The number of pyridine rings is 1. The van der Waals surface area contributed by atoms with E-state index in [2.05, 4.69) is 45.7 Å². The van der Waals surface area contributed by atoms with Gasteiger partial charge in [0.25, 0.3) is 0 Å². The lowest BCUT2D eigenvalue weighted by atomic mass is 9.86. The first-order valence-electron chi connectivity index (χ1n) is 4.57. The molecule has 1 unspecified atom stereocenters. The SMILES string of the molecule is BC(C)c1ccc(C(C)C)cn1. The molecule has 0 saturated heterocycles. The second-order valence-corrected chi connectivity index (χ2v) is 3.83. The maximum Gasteiger partial charge on any atom is 0.112 e. The Labute approximate surface area is 75.6 Å². The van der Waals surface area contributed by atoms with Crippen molar-refractivity contribution in [3.8, 4) is 0 Å². The molecule has 0 aliphatic rings. The molecule has 0 aromatic carbocycles. The Morgan fingerprint density at radius 3 is 2.25 bits per heavy atom. The lowest BCUT2D eigenvalue weighted by Gasteiger charge is -2.07. The van der Waals surface area contributed by atoms with Crippen LogP contribution in [-0.4, -0.2) is 12.8 Å². The first-order chi connectivity index (χ1) is 5.61. The van der Waals surface area contributed by atoms with Crippen molar-refractivity contribution >= 4 is 7.85 Å². The van der Waals surface area contributed by atoms with Crippen molar-refractivity contribution in [2.45, 2.75) is 32.5 Å². The molecule has 0 saturated carbocycles. The van der Waals surface area contributed by atoms with Gasteiger partial charge in [0.1, 0.15) is 7.85 Å². The number of rotatable bonds is 2. The summed E-state index contributed by atoms with van der Waals surface area (Å²) >= 11 is 0. The Morgan fingerprint density at radius 1 is 1.25 bits per heavy atom. The number of hydrogen-bond donors (Lipinski definition) is 0. The molecule has 0 N–H and O–H groups in total. The van der Waals surface area contributed by atoms with Crippen LogP contribution < -0.4 is 0 Å². The highest BCUT2D eigenvalue weighted by Gasteiger charge is 2.02. The van der Waals surface area contributed by atoms with E-state index < -0.39 is 0 Å². The monoisotopic (exact) mass is 161 g/mol. The molecule has 0 bridgehead atoms. The van der Waals surface area contributed by atoms with Crippen LogP contribution in [0.1, 0.15) is 43.8 Å². The van der Waals surface area contributed by atoms with Crippen molar-refractivity contribution in [2.75, 3.05) is 0 Å². The van der Waals surface area contributed by atoms with E-state index in [0.717, 1.165) is 0 Å². The molecule has 1 heterocycles. The van der Waals surface area contributed by atoms with Crippen LogP contribution in [0.15, 0.2) is 18.3 Å². The van der Waals surface area contributed by atoms with Crippen LogP contribution in [0, 0.1) is 0 Å². The summed E-state index contributed by atoms with van der Waals surface area (Å²) in [5, 5.41) is 0. The van der Waals surface area contributed by atoms with Crippen molar-refractivity contribution in [1.29, 1.82) is 0 Å². The van der Waals surface area contributed by atoms with Crippen LogP contribution in [-0.2, 0) is 0 Å². The molecule has 12 heavy (non-hydrogen) atoms. The highest BCUT2D eigenvalue weighted by molar-refractivity contribution is 6.11. The highest BCUT2D eigenvalue weighted by atomic mass is 14.7. The smallest absolute Gasteiger partial charge is 0.112 e. The average Bonchev–Trinajstić information content (AvgIpc) is 2.04. The van der Waals surface area contributed by atoms with E-state index in [4.69, 9.17) is 0 Å². The van der Waals surface area contributed by atoms with E-state index >= 15 is 0 Å². The third-order valence-corrected chi connectivity index (χ3v) is 2.07. The molecule has 0 aliphatic heterocycles. The maximum atomic E-state index is 4.40. The lowest BCUT2D eigenvalue weighted by Crippen LogP contribution is -1.97. The minimum absolute atomic E-state index is 0.534. The highest BCUT2D eigenvalue weighted by Crippen LogP contribution is 2.15. The second-order valence-electron chi connectivity index (χ2n) is 3.83. The molecular weight excluding hydrogens is 145 g/mol. The van der Waals surface area contributed by atoms with Gasteiger partial charge in [0.05, 0.1) is 0 Å². The van der Waals surface area contributed by atoms with Crippen molar-refractivity contribution < 1.29 is 0 Å². The van der Waals surface area contributed by atoms with Gasteiger partial charge in [-0.05, 0) is 23.4 Å². The molecule has 1 aromatic heterocycles.